The van der Waals surface area contributed by atoms with Gasteiger partial charge >= 0.3 is 6.09 Å². The van der Waals surface area contributed by atoms with Crippen molar-refractivity contribution < 1.29 is 19.1 Å². The van der Waals surface area contributed by atoms with Gasteiger partial charge < -0.3 is 14.4 Å². The lowest BCUT2D eigenvalue weighted by Crippen LogP contribution is -2.41. The van der Waals surface area contributed by atoms with Gasteiger partial charge in [0.05, 0.1) is 12.1 Å². The van der Waals surface area contributed by atoms with E-state index < -0.39 is 5.60 Å². The van der Waals surface area contributed by atoms with E-state index in [1.54, 1.807) is 24.1 Å². The number of carbonyl (C=O) groups excluding carboxylic acids is 2. The largest absolute Gasteiger partial charge is 0.496 e. The van der Waals surface area contributed by atoms with Crippen LogP contribution in [0.5, 0.6) is 5.75 Å². The highest BCUT2D eigenvalue weighted by atomic mass is 35.5. The molecule has 1 aliphatic rings. The molecule has 1 fully saturated rings. The summed E-state index contributed by atoms with van der Waals surface area (Å²) in [4.78, 5) is 24.9. The Morgan fingerprint density at radius 3 is 2.42 bits per heavy atom. The fourth-order valence-electron chi connectivity index (χ4n) is 2.87. The van der Waals surface area contributed by atoms with Crippen LogP contribution in [-0.2, 0) is 4.74 Å². The molecule has 1 heterocycles. The van der Waals surface area contributed by atoms with Crippen molar-refractivity contribution in [1.29, 1.82) is 0 Å². The summed E-state index contributed by atoms with van der Waals surface area (Å²) in [5.74, 6) is 0.897. The Bertz CT molecular complexity index is 616. The van der Waals surface area contributed by atoms with Crippen LogP contribution in [0.15, 0.2) is 12.1 Å². The van der Waals surface area contributed by atoms with Crippen LogP contribution in [0.25, 0.3) is 0 Å². The molecule has 1 aromatic carbocycles. The number of amides is 1. The van der Waals surface area contributed by atoms with Crippen molar-refractivity contribution in [3.05, 3.63) is 28.3 Å². The zero-order valence-electron chi connectivity index (χ0n) is 14.6. The Kier molecular flexibility index (Phi) is 5.75. The second-order valence-electron chi connectivity index (χ2n) is 6.98. The van der Waals surface area contributed by atoms with E-state index >= 15 is 0 Å². The van der Waals surface area contributed by atoms with E-state index in [-0.39, 0.29) is 12.0 Å². The van der Waals surface area contributed by atoms with Crippen molar-refractivity contribution in [3.63, 3.8) is 0 Å². The molecule has 24 heavy (non-hydrogen) atoms. The van der Waals surface area contributed by atoms with Gasteiger partial charge in [0.2, 0.25) is 0 Å². The Morgan fingerprint density at radius 2 is 1.92 bits per heavy atom. The van der Waals surface area contributed by atoms with Crippen LogP contribution in [0.1, 0.15) is 55.5 Å². The number of hydrogen-bond acceptors (Lipinski definition) is 4. The van der Waals surface area contributed by atoms with Crippen molar-refractivity contribution in [2.24, 2.45) is 0 Å². The first kappa shape index (κ1) is 18.6. The normalized spacial score (nSPS) is 16.0. The predicted octanol–water partition coefficient (Wildman–Crippen LogP) is 4.28. The quantitative estimate of drug-likeness (QED) is 0.761. The monoisotopic (exact) mass is 353 g/mol. The Balaban J connectivity index is 2.08. The van der Waals surface area contributed by atoms with E-state index in [9.17, 15) is 9.59 Å². The lowest BCUT2D eigenvalue weighted by Gasteiger charge is -2.34. The summed E-state index contributed by atoms with van der Waals surface area (Å²) in [6, 6.07) is 3.48. The molecular weight excluding hydrogens is 330 g/mol. The van der Waals surface area contributed by atoms with Crippen molar-refractivity contribution in [3.8, 4) is 5.75 Å². The number of methoxy groups -OCH3 is 1. The van der Waals surface area contributed by atoms with Crippen molar-refractivity contribution >= 4 is 24.0 Å². The van der Waals surface area contributed by atoms with Crippen LogP contribution >= 0.6 is 11.6 Å². The number of piperidine rings is 1. The zero-order chi connectivity index (χ0) is 17.9. The Hall–Kier alpha value is -1.75. The first-order valence-corrected chi connectivity index (χ1v) is 8.43. The van der Waals surface area contributed by atoms with Gasteiger partial charge in [0.15, 0.2) is 6.29 Å². The summed E-state index contributed by atoms with van der Waals surface area (Å²) in [6.07, 6.45) is 2.04. The average Bonchev–Trinajstić information content (AvgIpc) is 2.53. The van der Waals surface area contributed by atoms with Gasteiger partial charge in [0.1, 0.15) is 11.4 Å². The molecule has 0 aromatic heterocycles. The van der Waals surface area contributed by atoms with E-state index in [0.29, 0.717) is 29.4 Å². The summed E-state index contributed by atoms with van der Waals surface area (Å²) < 4.78 is 10.8. The number of halogens is 1. The van der Waals surface area contributed by atoms with Gasteiger partial charge in [-0.2, -0.15) is 0 Å². The summed E-state index contributed by atoms with van der Waals surface area (Å²) in [5.41, 5.74) is 0.912. The Labute approximate surface area is 147 Å². The van der Waals surface area contributed by atoms with Gasteiger partial charge in [0.25, 0.3) is 0 Å². The van der Waals surface area contributed by atoms with Gasteiger partial charge in [-0.1, -0.05) is 11.6 Å². The third-order valence-electron chi connectivity index (χ3n) is 4.06. The third-order valence-corrected chi connectivity index (χ3v) is 4.39. The molecule has 1 aromatic rings. The van der Waals surface area contributed by atoms with Crippen LogP contribution in [0, 0.1) is 0 Å². The van der Waals surface area contributed by atoms with Crippen molar-refractivity contribution in [2.75, 3.05) is 20.2 Å². The highest BCUT2D eigenvalue weighted by Gasteiger charge is 2.29. The zero-order valence-corrected chi connectivity index (χ0v) is 15.4. The number of carbonyl (C=O) groups is 2. The van der Waals surface area contributed by atoms with Crippen molar-refractivity contribution in [1.82, 2.24) is 4.90 Å². The molecule has 0 unspecified atom stereocenters. The van der Waals surface area contributed by atoms with Crippen LogP contribution < -0.4 is 4.74 Å². The number of nitrogens with zero attached hydrogens (tertiary/aromatic N) is 1. The van der Waals surface area contributed by atoms with Crippen LogP contribution in [-0.4, -0.2) is 43.1 Å². The van der Waals surface area contributed by atoms with Gasteiger partial charge in [-0.25, -0.2) is 4.79 Å². The molecule has 0 aliphatic carbocycles. The van der Waals surface area contributed by atoms with Crippen LogP contribution in [0.4, 0.5) is 4.79 Å². The number of benzene rings is 1. The van der Waals surface area contributed by atoms with Crippen LogP contribution in [0.3, 0.4) is 0 Å². The molecular formula is C18H24ClNO4. The molecule has 5 nitrogen and oxygen atoms in total. The molecule has 0 N–H and O–H groups in total. The maximum atomic E-state index is 12.1. The van der Waals surface area contributed by atoms with E-state index in [1.807, 2.05) is 20.8 Å². The molecule has 0 bridgehead atoms. The highest BCUT2D eigenvalue weighted by Crippen LogP contribution is 2.37. The third kappa shape index (κ3) is 4.41. The SMILES string of the molecule is COc1cc(C=O)c(Cl)cc1C1CCN(C(=O)OC(C)(C)C)CC1. The first-order chi connectivity index (χ1) is 11.2. The molecule has 2 rings (SSSR count). The lowest BCUT2D eigenvalue weighted by atomic mass is 9.88. The minimum atomic E-state index is -0.491. The van der Waals surface area contributed by atoms with E-state index in [4.69, 9.17) is 21.1 Å². The summed E-state index contributed by atoms with van der Waals surface area (Å²) in [5, 5.41) is 0.426. The number of ether oxygens (including phenoxy) is 2. The highest BCUT2D eigenvalue weighted by molar-refractivity contribution is 6.33. The van der Waals surface area contributed by atoms with Crippen LogP contribution in [0.2, 0.25) is 5.02 Å². The van der Waals surface area contributed by atoms with E-state index in [1.165, 1.54) is 0 Å². The summed E-state index contributed by atoms with van der Waals surface area (Å²) in [7, 11) is 1.58. The second kappa shape index (κ2) is 7.43. The van der Waals surface area contributed by atoms with Crippen molar-refractivity contribution in [2.45, 2.75) is 45.1 Å². The molecule has 0 atom stereocenters. The molecule has 6 heteroatoms. The van der Waals surface area contributed by atoms with Gasteiger partial charge in [-0.3, -0.25) is 4.79 Å². The van der Waals surface area contributed by atoms with Gasteiger partial charge in [-0.15, -0.1) is 0 Å². The lowest BCUT2D eigenvalue weighted by molar-refractivity contribution is 0.0204. The molecule has 132 valence electrons. The maximum Gasteiger partial charge on any atom is 0.410 e. The van der Waals surface area contributed by atoms with Gasteiger partial charge in [-0.05, 0) is 57.2 Å². The Morgan fingerprint density at radius 1 is 1.29 bits per heavy atom. The maximum absolute atomic E-state index is 12.1. The predicted molar refractivity (Wildman–Crippen MR) is 93.2 cm³/mol. The smallest absolute Gasteiger partial charge is 0.410 e. The van der Waals surface area contributed by atoms with Gasteiger partial charge in [0, 0.05) is 18.7 Å². The number of rotatable bonds is 3. The standard InChI is InChI=1S/C18H24ClNO4/c1-18(2,3)24-17(22)20-7-5-12(6-8-20)14-10-15(19)13(11-21)9-16(14)23-4/h9-12H,5-8H2,1-4H3. The van der Waals surface area contributed by atoms with E-state index in [2.05, 4.69) is 0 Å². The molecule has 1 saturated heterocycles. The first-order valence-electron chi connectivity index (χ1n) is 8.05. The minimum Gasteiger partial charge on any atom is -0.496 e. The average molecular weight is 354 g/mol. The molecule has 1 amide bonds. The second-order valence-corrected chi connectivity index (χ2v) is 7.38. The molecule has 0 spiro atoms. The molecule has 0 radical (unpaired) electrons. The van der Waals surface area contributed by atoms with E-state index in [0.717, 1.165) is 24.7 Å². The molecule has 1 aliphatic heterocycles. The number of likely N-dealkylation sites (tertiary alicyclic amines) is 1. The summed E-state index contributed by atoms with van der Waals surface area (Å²) in [6.45, 7) is 6.82. The topological polar surface area (TPSA) is 55.8 Å². The number of aldehydes is 1. The minimum absolute atomic E-state index is 0.233. The molecule has 0 saturated carbocycles. The number of hydrogen-bond donors (Lipinski definition) is 0. The fraction of sp³-hybridized carbons (Fsp3) is 0.556. The summed E-state index contributed by atoms with van der Waals surface area (Å²) >= 11 is 6.16. The fourth-order valence-corrected chi connectivity index (χ4v) is 3.09.